The van der Waals surface area contributed by atoms with Crippen LogP contribution in [0.5, 0.6) is 0 Å². The Balaban J connectivity index is 0.000000500. The minimum atomic E-state index is -3.58. The molecule has 0 fully saturated rings. The van der Waals surface area contributed by atoms with Crippen molar-refractivity contribution in [2.45, 2.75) is 4.90 Å². The van der Waals surface area contributed by atoms with Gasteiger partial charge in [-0.25, -0.2) is 8.42 Å². The predicted octanol–water partition coefficient (Wildman–Crippen LogP) is 1.56. The first kappa shape index (κ1) is 13.6. The molecule has 0 N–H and O–H groups in total. The van der Waals surface area contributed by atoms with Crippen LogP contribution in [0.15, 0.2) is 29.2 Å². The van der Waals surface area contributed by atoms with Gasteiger partial charge in [-0.05, 0) is 0 Å². The van der Waals surface area contributed by atoms with Crippen molar-refractivity contribution < 1.29 is 33.7 Å². The van der Waals surface area contributed by atoms with Gasteiger partial charge in [-0.2, -0.15) is 24.6 Å². The molecule has 4 nitrogen and oxygen atoms in total. The molecule has 0 amide bonds. The van der Waals surface area contributed by atoms with Crippen LogP contribution in [0, 0.1) is 6.92 Å². The van der Waals surface area contributed by atoms with Crippen molar-refractivity contribution in [1.29, 1.82) is 0 Å². The Morgan fingerprint density at radius 3 is 1.79 bits per heavy atom. The van der Waals surface area contributed by atoms with E-state index in [0.717, 1.165) is 5.56 Å². The Bertz CT molecular complexity index is 420. The maximum atomic E-state index is 10.7. The van der Waals surface area contributed by atoms with Crippen molar-refractivity contribution in [3.8, 4) is 0 Å². The van der Waals surface area contributed by atoms with Gasteiger partial charge in [0.15, 0.2) is 0 Å². The van der Waals surface area contributed by atoms with Gasteiger partial charge in [-0.1, -0.05) is 12.1 Å². The van der Waals surface area contributed by atoms with E-state index in [9.17, 15) is 8.42 Å². The van der Waals surface area contributed by atoms with Crippen LogP contribution in [0.25, 0.3) is 0 Å². The molecule has 0 unspecified atom stereocenters. The van der Waals surface area contributed by atoms with Crippen molar-refractivity contribution in [3.05, 3.63) is 36.8 Å². The molecule has 0 bridgehead atoms. The SMILES string of the molecule is [CH2-]c1ccc(S(=O)(=O)Cl)cc1.[O]=[W]=[O]. The Hall–Kier alpha value is -0.382. The molecule has 0 aliphatic rings. The summed E-state index contributed by atoms with van der Waals surface area (Å²) in [5, 5.41) is 0. The molecule has 0 aliphatic carbocycles. The van der Waals surface area contributed by atoms with Crippen molar-refractivity contribution in [2.75, 3.05) is 0 Å². The van der Waals surface area contributed by atoms with Crippen molar-refractivity contribution in [3.63, 3.8) is 0 Å². The first-order valence-electron chi connectivity index (χ1n) is 3.20. The van der Waals surface area contributed by atoms with Crippen LogP contribution >= 0.6 is 10.7 Å². The average molecular weight is 405 g/mol. The van der Waals surface area contributed by atoms with Gasteiger partial charge in [-0.3, -0.25) is 0 Å². The quantitative estimate of drug-likeness (QED) is 0.525. The fraction of sp³-hybridized carbons (Fsp3) is 0. The van der Waals surface area contributed by atoms with E-state index >= 15 is 0 Å². The Morgan fingerprint density at radius 2 is 1.50 bits per heavy atom. The topological polar surface area (TPSA) is 68.3 Å². The van der Waals surface area contributed by atoms with Crippen molar-refractivity contribution in [2.24, 2.45) is 0 Å². The van der Waals surface area contributed by atoms with E-state index in [1.165, 1.54) is 12.1 Å². The number of halogens is 1. The summed E-state index contributed by atoms with van der Waals surface area (Å²) in [6.07, 6.45) is 0. The monoisotopic (exact) mass is 405 g/mol. The molecule has 0 radical (unpaired) electrons. The standard InChI is InChI=1S/C7H6ClO2S.2O.W/c1-6-2-4-7(5-3-6)11(8,9)10;;;/h2-5H,1H2;;;/q-1;;;. The van der Waals surface area contributed by atoms with Gasteiger partial charge in [0, 0.05) is 10.7 Å². The molecule has 0 saturated heterocycles. The third-order valence-electron chi connectivity index (χ3n) is 1.20. The fourth-order valence-corrected chi connectivity index (χ4v) is 1.42. The average Bonchev–Trinajstić information content (AvgIpc) is 2.04. The van der Waals surface area contributed by atoms with Crippen LogP contribution in [-0.2, 0) is 34.3 Å². The third kappa shape index (κ3) is 5.37. The number of benzene rings is 1. The molecule has 0 aliphatic heterocycles. The third-order valence-corrected chi connectivity index (χ3v) is 2.57. The van der Waals surface area contributed by atoms with Gasteiger partial charge >= 0.3 is 25.3 Å². The second-order valence-electron chi connectivity index (χ2n) is 2.15. The van der Waals surface area contributed by atoms with E-state index in [0.29, 0.717) is 0 Å². The zero-order chi connectivity index (χ0) is 11.2. The molecular formula is C7H6ClO4SW-. The summed E-state index contributed by atoms with van der Waals surface area (Å²) < 4.78 is 38.5. The molecular weight excluding hydrogens is 399 g/mol. The molecule has 0 atom stereocenters. The van der Waals surface area contributed by atoms with Crippen LogP contribution in [0.1, 0.15) is 5.56 Å². The van der Waals surface area contributed by atoms with Crippen LogP contribution in [0.2, 0.25) is 0 Å². The minimum absolute atomic E-state index is 0.103. The molecule has 0 saturated carbocycles. The molecule has 0 spiro atoms. The molecule has 7 heteroatoms. The summed E-state index contributed by atoms with van der Waals surface area (Å²) in [7, 11) is 1.49. The van der Waals surface area contributed by atoms with E-state index in [1.54, 1.807) is 12.1 Å². The van der Waals surface area contributed by atoms with Gasteiger partial charge in [-0.15, -0.1) is 0 Å². The van der Waals surface area contributed by atoms with E-state index in [2.05, 4.69) is 6.92 Å². The Labute approximate surface area is 94.8 Å². The normalized spacial score (nSPS) is 9.79. The Morgan fingerprint density at radius 1 is 1.14 bits per heavy atom. The molecule has 0 heterocycles. The predicted molar refractivity (Wildman–Crippen MR) is 45.3 cm³/mol. The zero-order valence-corrected chi connectivity index (χ0v) is 11.3. The number of hydrogen-bond donors (Lipinski definition) is 0. The second-order valence-corrected chi connectivity index (χ2v) is 5.20. The summed E-state index contributed by atoms with van der Waals surface area (Å²) in [4.78, 5) is 0.103. The van der Waals surface area contributed by atoms with E-state index in [-0.39, 0.29) is 4.90 Å². The summed E-state index contributed by atoms with van der Waals surface area (Å²) in [5.74, 6) is 0. The second kappa shape index (κ2) is 6.17. The molecule has 1 rings (SSSR count). The number of hydrogen-bond acceptors (Lipinski definition) is 4. The van der Waals surface area contributed by atoms with Gasteiger partial charge < -0.3 is 0 Å². The summed E-state index contributed by atoms with van der Waals surface area (Å²) >= 11 is -2.25. The zero-order valence-electron chi connectivity index (χ0n) is 6.84. The molecule has 78 valence electrons. The molecule has 1 aromatic carbocycles. The first-order valence-corrected chi connectivity index (χ1v) is 7.90. The fourth-order valence-electron chi connectivity index (χ4n) is 0.652. The Kier molecular flexibility index (Phi) is 6.00. The van der Waals surface area contributed by atoms with Gasteiger partial charge in [0.2, 0.25) is 0 Å². The van der Waals surface area contributed by atoms with Crippen LogP contribution < -0.4 is 0 Å². The summed E-state index contributed by atoms with van der Waals surface area (Å²) in [6.45, 7) is 3.61. The first-order chi connectivity index (χ1) is 6.41. The van der Waals surface area contributed by atoms with Gasteiger partial charge in [0.05, 0.1) is 4.90 Å². The van der Waals surface area contributed by atoms with Crippen LogP contribution in [-0.4, -0.2) is 8.42 Å². The molecule has 14 heavy (non-hydrogen) atoms. The van der Waals surface area contributed by atoms with E-state index in [1.807, 2.05) is 0 Å². The van der Waals surface area contributed by atoms with Crippen molar-refractivity contribution >= 4 is 19.7 Å². The summed E-state index contributed by atoms with van der Waals surface area (Å²) in [6, 6.07) is 6.03. The van der Waals surface area contributed by atoms with Crippen LogP contribution in [0.3, 0.4) is 0 Å². The van der Waals surface area contributed by atoms with Gasteiger partial charge in [0.1, 0.15) is 0 Å². The van der Waals surface area contributed by atoms with E-state index in [4.69, 9.17) is 17.5 Å². The maximum absolute atomic E-state index is 10.7. The van der Waals surface area contributed by atoms with E-state index < -0.39 is 27.5 Å². The van der Waals surface area contributed by atoms with Crippen molar-refractivity contribution in [1.82, 2.24) is 0 Å². The van der Waals surface area contributed by atoms with Gasteiger partial charge in [0.25, 0.3) is 9.05 Å². The molecule has 1 aromatic rings. The number of rotatable bonds is 1. The van der Waals surface area contributed by atoms with Crippen LogP contribution in [0.4, 0.5) is 0 Å². The summed E-state index contributed by atoms with van der Waals surface area (Å²) in [5.41, 5.74) is 0.758. The molecule has 0 aromatic heterocycles.